The maximum Gasteiger partial charge on any atom is 0.246 e. The fourth-order valence-corrected chi connectivity index (χ4v) is 2.88. The smallest absolute Gasteiger partial charge is 0.246 e. The van der Waals surface area contributed by atoms with Crippen LogP contribution in [0.1, 0.15) is 11.1 Å². The highest BCUT2D eigenvalue weighted by atomic mass is 127. The topological polar surface area (TPSA) is 83.3 Å². The number of carbonyl (C=O) groups excluding carboxylic acids is 1. The van der Waals surface area contributed by atoms with Gasteiger partial charge in [-0.2, -0.15) is 5.10 Å². The average Bonchev–Trinajstić information content (AvgIpc) is 3.24. The molecular formula is C22H27IN6O. The maximum atomic E-state index is 12.1. The number of nitrogens with zero attached hydrogens (tertiary/aromatic N) is 3. The van der Waals surface area contributed by atoms with E-state index in [2.05, 4.69) is 38.2 Å². The van der Waals surface area contributed by atoms with Crippen LogP contribution in [0.4, 0.5) is 5.69 Å². The Hall–Kier alpha value is -2.88. The molecule has 1 heterocycles. The molecule has 0 aliphatic carbocycles. The highest BCUT2D eigenvalue weighted by molar-refractivity contribution is 14.0. The van der Waals surface area contributed by atoms with Crippen molar-refractivity contribution in [3.8, 4) is 0 Å². The molecule has 2 aromatic carbocycles. The van der Waals surface area contributed by atoms with E-state index in [1.807, 2.05) is 42.5 Å². The Bertz CT molecular complexity index is 928. The molecule has 0 bridgehead atoms. The molecule has 0 unspecified atom stereocenters. The molecule has 3 N–H and O–H groups in total. The zero-order chi connectivity index (χ0) is 20.3. The lowest BCUT2D eigenvalue weighted by Crippen LogP contribution is -2.37. The van der Waals surface area contributed by atoms with Crippen molar-refractivity contribution in [3.63, 3.8) is 0 Å². The summed E-state index contributed by atoms with van der Waals surface area (Å²) >= 11 is 0. The molecule has 1 aromatic heterocycles. The number of rotatable bonds is 8. The minimum absolute atomic E-state index is 0. The van der Waals surface area contributed by atoms with Crippen LogP contribution in [0.2, 0.25) is 0 Å². The molecule has 7 nitrogen and oxygen atoms in total. The SMILES string of the molecule is CN=C(NCCc1ccccc1)NCc1cccc(NC(=O)Cn2cccn2)c1.I. The van der Waals surface area contributed by atoms with Gasteiger partial charge in [0.15, 0.2) is 5.96 Å². The van der Waals surface area contributed by atoms with Crippen LogP contribution in [0, 0.1) is 0 Å². The van der Waals surface area contributed by atoms with Gasteiger partial charge in [-0.25, -0.2) is 0 Å². The van der Waals surface area contributed by atoms with Crippen molar-refractivity contribution in [2.45, 2.75) is 19.5 Å². The van der Waals surface area contributed by atoms with Crippen LogP contribution < -0.4 is 16.0 Å². The van der Waals surface area contributed by atoms with Gasteiger partial charge in [-0.1, -0.05) is 42.5 Å². The normalized spacial score (nSPS) is 10.8. The van der Waals surface area contributed by atoms with Gasteiger partial charge in [0.2, 0.25) is 5.91 Å². The van der Waals surface area contributed by atoms with Crippen LogP contribution in [-0.2, 0) is 24.3 Å². The van der Waals surface area contributed by atoms with Gasteiger partial charge in [-0.05, 0) is 35.7 Å². The van der Waals surface area contributed by atoms with Gasteiger partial charge in [0, 0.05) is 38.2 Å². The number of aromatic nitrogens is 2. The third kappa shape index (κ3) is 7.86. The number of anilines is 1. The minimum Gasteiger partial charge on any atom is -0.356 e. The van der Waals surface area contributed by atoms with E-state index in [1.165, 1.54) is 5.56 Å². The van der Waals surface area contributed by atoms with E-state index in [1.54, 1.807) is 30.2 Å². The van der Waals surface area contributed by atoms with Crippen molar-refractivity contribution in [2.24, 2.45) is 4.99 Å². The number of carbonyl (C=O) groups is 1. The van der Waals surface area contributed by atoms with Crippen molar-refractivity contribution in [3.05, 3.63) is 84.2 Å². The van der Waals surface area contributed by atoms with E-state index in [0.717, 1.165) is 30.2 Å². The maximum absolute atomic E-state index is 12.1. The Balaban J connectivity index is 0.00000320. The first-order chi connectivity index (χ1) is 14.2. The fourth-order valence-electron chi connectivity index (χ4n) is 2.88. The largest absolute Gasteiger partial charge is 0.356 e. The van der Waals surface area contributed by atoms with Crippen LogP contribution in [0.15, 0.2) is 78.0 Å². The Morgan fingerprint density at radius 1 is 1.03 bits per heavy atom. The van der Waals surface area contributed by atoms with E-state index in [0.29, 0.717) is 6.54 Å². The summed E-state index contributed by atoms with van der Waals surface area (Å²) in [5, 5.41) is 13.6. The van der Waals surface area contributed by atoms with E-state index in [-0.39, 0.29) is 36.4 Å². The van der Waals surface area contributed by atoms with Crippen molar-refractivity contribution in [2.75, 3.05) is 18.9 Å². The molecule has 158 valence electrons. The number of amides is 1. The monoisotopic (exact) mass is 518 g/mol. The highest BCUT2D eigenvalue weighted by Gasteiger charge is 2.05. The summed E-state index contributed by atoms with van der Waals surface area (Å²) in [4.78, 5) is 16.4. The second kappa shape index (κ2) is 12.6. The van der Waals surface area contributed by atoms with E-state index in [4.69, 9.17) is 0 Å². The van der Waals surface area contributed by atoms with Crippen LogP contribution in [-0.4, -0.2) is 35.2 Å². The first-order valence-electron chi connectivity index (χ1n) is 9.57. The Labute approximate surface area is 194 Å². The van der Waals surface area contributed by atoms with Crippen LogP contribution in [0.25, 0.3) is 0 Å². The Morgan fingerprint density at radius 2 is 1.83 bits per heavy atom. The van der Waals surface area contributed by atoms with Crippen molar-refractivity contribution in [1.29, 1.82) is 0 Å². The molecule has 1 amide bonds. The molecule has 0 fully saturated rings. The summed E-state index contributed by atoms with van der Waals surface area (Å²) < 4.78 is 1.59. The molecule has 0 aliphatic heterocycles. The van der Waals surface area contributed by atoms with Crippen molar-refractivity contribution in [1.82, 2.24) is 20.4 Å². The van der Waals surface area contributed by atoms with Gasteiger partial charge in [0.25, 0.3) is 0 Å². The molecule has 8 heteroatoms. The van der Waals surface area contributed by atoms with Crippen LogP contribution in [0.5, 0.6) is 0 Å². The Morgan fingerprint density at radius 3 is 2.57 bits per heavy atom. The summed E-state index contributed by atoms with van der Waals surface area (Å²) in [6.07, 6.45) is 4.34. The molecule has 0 saturated heterocycles. The summed E-state index contributed by atoms with van der Waals surface area (Å²) in [5.41, 5.74) is 3.09. The summed E-state index contributed by atoms with van der Waals surface area (Å²) in [6.45, 7) is 1.59. The molecule has 0 spiro atoms. The van der Waals surface area contributed by atoms with Crippen molar-refractivity contribution < 1.29 is 4.79 Å². The number of guanidine groups is 1. The second-order valence-electron chi connectivity index (χ2n) is 6.54. The summed E-state index contributed by atoms with van der Waals surface area (Å²) in [5.74, 6) is 0.631. The quantitative estimate of drug-likeness (QED) is 0.243. The van der Waals surface area contributed by atoms with Crippen LogP contribution >= 0.6 is 24.0 Å². The van der Waals surface area contributed by atoms with Gasteiger partial charge in [0.05, 0.1) is 0 Å². The lowest BCUT2D eigenvalue weighted by atomic mass is 10.1. The number of nitrogens with one attached hydrogen (secondary N) is 3. The van der Waals surface area contributed by atoms with Gasteiger partial charge >= 0.3 is 0 Å². The number of hydrogen-bond acceptors (Lipinski definition) is 3. The highest BCUT2D eigenvalue weighted by Crippen LogP contribution is 2.10. The minimum atomic E-state index is -0.114. The standard InChI is InChI=1S/C22H26N6O.HI/c1-23-22(24-13-11-18-7-3-2-4-8-18)25-16-19-9-5-10-20(15-19)27-21(29)17-28-14-6-12-26-28;/h2-10,12,14-15H,11,13,16-17H2,1H3,(H,27,29)(H2,23,24,25);1H. The summed E-state index contributed by atoms with van der Waals surface area (Å²) in [6, 6.07) is 19.9. The van der Waals surface area contributed by atoms with Gasteiger partial charge in [-0.3, -0.25) is 14.5 Å². The first kappa shape index (κ1) is 23.4. The number of halogens is 1. The van der Waals surface area contributed by atoms with Gasteiger partial charge in [-0.15, -0.1) is 24.0 Å². The molecule has 0 atom stereocenters. The average molecular weight is 518 g/mol. The number of benzene rings is 2. The number of hydrogen-bond donors (Lipinski definition) is 3. The lowest BCUT2D eigenvalue weighted by molar-refractivity contribution is -0.116. The first-order valence-corrected chi connectivity index (χ1v) is 9.57. The van der Waals surface area contributed by atoms with Crippen LogP contribution in [0.3, 0.4) is 0 Å². The molecule has 0 radical (unpaired) electrons. The molecular weight excluding hydrogens is 491 g/mol. The predicted octanol–water partition coefficient (Wildman–Crippen LogP) is 3.05. The molecule has 30 heavy (non-hydrogen) atoms. The molecule has 0 aliphatic rings. The van der Waals surface area contributed by atoms with E-state index >= 15 is 0 Å². The predicted molar refractivity (Wildman–Crippen MR) is 131 cm³/mol. The molecule has 3 aromatic rings. The molecule has 3 rings (SSSR count). The second-order valence-corrected chi connectivity index (χ2v) is 6.54. The zero-order valence-electron chi connectivity index (χ0n) is 16.9. The summed E-state index contributed by atoms with van der Waals surface area (Å²) in [7, 11) is 1.75. The van der Waals surface area contributed by atoms with E-state index < -0.39 is 0 Å². The number of aliphatic imine (C=N–C) groups is 1. The third-order valence-corrected chi connectivity index (χ3v) is 4.31. The van der Waals surface area contributed by atoms with E-state index in [9.17, 15) is 4.79 Å². The lowest BCUT2D eigenvalue weighted by Gasteiger charge is -2.13. The fraction of sp³-hybridized carbons (Fsp3) is 0.227. The van der Waals surface area contributed by atoms with Gasteiger partial charge in [0.1, 0.15) is 6.54 Å². The third-order valence-electron chi connectivity index (χ3n) is 4.31. The zero-order valence-corrected chi connectivity index (χ0v) is 19.2. The van der Waals surface area contributed by atoms with Gasteiger partial charge < -0.3 is 16.0 Å². The van der Waals surface area contributed by atoms with Crippen molar-refractivity contribution >= 4 is 41.5 Å². The molecule has 0 saturated carbocycles. The Kier molecular flexibility index (Phi) is 9.85.